The maximum atomic E-state index is 6.35. The quantitative estimate of drug-likeness (QED) is 0.638. The highest BCUT2D eigenvalue weighted by atomic mass is 35.5. The summed E-state index contributed by atoms with van der Waals surface area (Å²) in [5.74, 6) is 0. The van der Waals surface area contributed by atoms with Crippen LogP contribution >= 0.6 is 11.6 Å². The highest BCUT2D eigenvalue weighted by Crippen LogP contribution is 2.19. The minimum absolute atomic E-state index is 0.274. The van der Waals surface area contributed by atoms with E-state index < -0.39 is 0 Å². The number of alkyl halides is 1. The van der Waals surface area contributed by atoms with Gasteiger partial charge in [-0.05, 0) is 29.2 Å². The van der Waals surface area contributed by atoms with Gasteiger partial charge in [0, 0.05) is 5.38 Å². The van der Waals surface area contributed by atoms with Crippen LogP contribution in [0.25, 0.3) is 10.8 Å². The highest BCUT2D eigenvalue weighted by molar-refractivity contribution is 6.20. The predicted octanol–water partition coefficient (Wildman–Crippen LogP) is 5.18. The van der Waals surface area contributed by atoms with Gasteiger partial charge in [-0.1, -0.05) is 62.2 Å². The minimum atomic E-state index is 0.274. The Balaban J connectivity index is 2.08. The van der Waals surface area contributed by atoms with E-state index in [1.165, 1.54) is 29.2 Å². The monoisotopic (exact) mass is 246 g/mol. The van der Waals surface area contributed by atoms with Crippen molar-refractivity contribution in [3.8, 4) is 0 Å². The van der Waals surface area contributed by atoms with Crippen molar-refractivity contribution in [2.45, 2.75) is 38.0 Å². The molecular formula is C16H19Cl. The first-order valence-electron chi connectivity index (χ1n) is 6.41. The molecule has 0 radical (unpaired) electrons. The molecule has 0 nitrogen and oxygen atoms in total. The smallest absolute Gasteiger partial charge is 0.0376 e. The van der Waals surface area contributed by atoms with E-state index in [2.05, 4.69) is 49.4 Å². The molecule has 2 aromatic carbocycles. The molecule has 0 N–H and O–H groups in total. The van der Waals surface area contributed by atoms with E-state index in [1.54, 1.807) is 0 Å². The third-order valence-electron chi connectivity index (χ3n) is 3.14. The lowest BCUT2D eigenvalue weighted by atomic mass is 10.0. The van der Waals surface area contributed by atoms with Crippen molar-refractivity contribution in [1.82, 2.24) is 0 Å². The molecule has 1 atom stereocenters. The predicted molar refractivity (Wildman–Crippen MR) is 76.8 cm³/mol. The fourth-order valence-electron chi connectivity index (χ4n) is 2.15. The van der Waals surface area contributed by atoms with E-state index >= 15 is 0 Å². The third kappa shape index (κ3) is 3.47. The van der Waals surface area contributed by atoms with Gasteiger partial charge in [0.05, 0.1) is 0 Å². The van der Waals surface area contributed by atoms with Gasteiger partial charge in [0.25, 0.3) is 0 Å². The normalized spacial score (nSPS) is 12.8. The van der Waals surface area contributed by atoms with Gasteiger partial charge >= 0.3 is 0 Å². The Morgan fingerprint density at radius 3 is 2.59 bits per heavy atom. The average molecular weight is 247 g/mol. The second kappa shape index (κ2) is 6.07. The van der Waals surface area contributed by atoms with Crippen LogP contribution in [0.4, 0.5) is 0 Å². The van der Waals surface area contributed by atoms with E-state index in [1.807, 2.05) is 0 Å². The highest BCUT2D eigenvalue weighted by Gasteiger charge is 2.05. The molecule has 1 unspecified atom stereocenters. The zero-order valence-electron chi connectivity index (χ0n) is 10.3. The molecule has 0 saturated carbocycles. The number of halogens is 1. The average Bonchev–Trinajstić information content (AvgIpc) is 2.36. The first-order valence-corrected chi connectivity index (χ1v) is 6.85. The van der Waals surface area contributed by atoms with Crippen LogP contribution in [-0.2, 0) is 6.42 Å². The molecule has 0 saturated heterocycles. The minimum Gasteiger partial charge on any atom is -0.123 e. The van der Waals surface area contributed by atoms with Crippen LogP contribution in [0.5, 0.6) is 0 Å². The van der Waals surface area contributed by atoms with E-state index in [0.717, 1.165) is 12.8 Å². The Kier molecular flexibility index (Phi) is 4.44. The summed E-state index contributed by atoms with van der Waals surface area (Å²) >= 11 is 6.35. The van der Waals surface area contributed by atoms with Gasteiger partial charge in [-0.2, -0.15) is 0 Å². The summed E-state index contributed by atoms with van der Waals surface area (Å²) in [6.45, 7) is 2.21. The number of benzene rings is 2. The third-order valence-corrected chi connectivity index (χ3v) is 3.51. The molecule has 0 spiro atoms. The van der Waals surface area contributed by atoms with E-state index in [4.69, 9.17) is 11.6 Å². The Morgan fingerprint density at radius 1 is 1.06 bits per heavy atom. The lowest BCUT2D eigenvalue weighted by molar-refractivity contribution is 0.674. The van der Waals surface area contributed by atoms with Gasteiger partial charge in [-0.3, -0.25) is 0 Å². The molecule has 1 heteroatoms. The maximum Gasteiger partial charge on any atom is 0.0376 e. The summed E-state index contributed by atoms with van der Waals surface area (Å²) in [6.07, 6.45) is 4.54. The Labute approximate surface area is 109 Å². The Hall–Kier alpha value is -1.01. The summed E-state index contributed by atoms with van der Waals surface area (Å²) < 4.78 is 0. The lowest BCUT2D eigenvalue weighted by Gasteiger charge is -2.09. The Morgan fingerprint density at radius 2 is 1.82 bits per heavy atom. The lowest BCUT2D eigenvalue weighted by Crippen LogP contribution is -2.02. The number of unbranched alkanes of at least 4 members (excludes halogenated alkanes) is 1. The molecule has 0 bridgehead atoms. The fourth-order valence-corrected chi connectivity index (χ4v) is 2.48. The van der Waals surface area contributed by atoms with Gasteiger partial charge < -0.3 is 0 Å². The van der Waals surface area contributed by atoms with Crippen LogP contribution in [-0.4, -0.2) is 5.38 Å². The first kappa shape index (κ1) is 12.4. The molecule has 90 valence electrons. The summed E-state index contributed by atoms with van der Waals surface area (Å²) in [4.78, 5) is 0. The fraction of sp³-hybridized carbons (Fsp3) is 0.375. The van der Waals surface area contributed by atoms with Crippen LogP contribution < -0.4 is 0 Å². The van der Waals surface area contributed by atoms with E-state index in [0.29, 0.717) is 0 Å². The van der Waals surface area contributed by atoms with Crippen LogP contribution in [0.2, 0.25) is 0 Å². The van der Waals surface area contributed by atoms with Gasteiger partial charge in [-0.25, -0.2) is 0 Å². The van der Waals surface area contributed by atoms with Crippen molar-refractivity contribution < 1.29 is 0 Å². The summed E-state index contributed by atoms with van der Waals surface area (Å²) in [5, 5.41) is 2.89. The van der Waals surface area contributed by atoms with Crippen molar-refractivity contribution in [3.63, 3.8) is 0 Å². The van der Waals surface area contributed by atoms with E-state index in [-0.39, 0.29) is 5.38 Å². The van der Waals surface area contributed by atoms with Crippen LogP contribution in [0.1, 0.15) is 31.7 Å². The standard InChI is InChI=1S/C16H19Cl/c1-2-3-8-16(17)12-13-9-10-14-6-4-5-7-15(14)11-13/h4-7,9-11,16H,2-3,8,12H2,1H3. The summed E-state index contributed by atoms with van der Waals surface area (Å²) in [7, 11) is 0. The van der Waals surface area contributed by atoms with E-state index in [9.17, 15) is 0 Å². The van der Waals surface area contributed by atoms with Crippen molar-refractivity contribution in [1.29, 1.82) is 0 Å². The molecule has 0 fully saturated rings. The topological polar surface area (TPSA) is 0 Å². The molecule has 17 heavy (non-hydrogen) atoms. The maximum absolute atomic E-state index is 6.35. The molecule has 0 aliphatic heterocycles. The molecule has 0 heterocycles. The molecular weight excluding hydrogens is 228 g/mol. The summed E-state index contributed by atoms with van der Waals surface area (Å²) in [5.41, 5.74) is 1.35. The van der Waals surface area contributed by atoms with Crippen LogP contribution in [0, 0.1) is 0 Å². The molecule has 2 rings (SSSR count). The summed E-state index contributed by atoms with van der Waals surface area (Å²) in [6, 6.07) is 15.1. The number of rotatable bonds is 5. The van der Waals surface area contributed by atoms with Crippen molar-refractivity contribution in [2.75, 3.05) is 0 Å². The molecule has 2 aromatic rings. The van der Waals surface area contributed by atoms with Crippen LogP contribution in [0.3, 0.4) is 0 Å². The zero-order chi connectivity index (χ0) is 12.1. The van der Waals surface area contributed by atoms with Crippen molar-refractivity contribution >= 4 is 22.4 Å². The SMILES string of the molecule is CCCCC(Cl)Cc1ccc2ccccc2c1. The van der Waals surface area contributed by atoms with Crippen molar-refractivity contribution in [2.24, 2.45) is 0 Å². The van der Waals surface area contributed by atoms with Gasteiger partial charge in [-0.15, -0.1) is 11.6 Å². The molecule has 0 aliphatic rings. The van der Waals surface area contributed by atoms with Gasteiger partial charge in [0.15, 0.2) is 0 Å². The van der Waals surface area contributed by atoms with Gasteiger partial charge in [0.1, 0.15) is 0 Å². The Bertz CT molecular complexity index is 476. The van der Waals surface area contributed by atoms with Crippen LogP contribution in [0.15, 0.2) is 42.5 Å². The number of fused-ring (bicyclic) bond motifs is 1. The second-order valence-corrected chi connectivity index (χ2v) is 5.24. The second-order valence-electron chi connectivity index (χ2n) is 4.63. The molecule has 0 aromatic heterocycles. The molecule has 0 aliphatic carbocycles. The number of hydrogen-bond donors (Lipinski definition) is 0. The first-order chi connectivity index (χ1) is 8.29. The largest absolute Gasteiger partial charge is 0.123 e. The number of hydrogen-bond acceptors (Lipinski definition) is 0. The molecule has 0 amide bonds. The zero-order valence-corrected chi connectivity index (χ0v) is 11.1. The van der Waals surface area contributed by atoms with Gasteiger partial charge in [0.2, 0.25) is 0 Å². The van der Waals surface area contributed by atoms with Crippen molar-refractivity contribution in [3.05, 3.63) is 48.0 Å².